The van der Waals surface area contributed by atoms with Gasteiger partial charge >= 0.3 is 0 Å². The molecule has 1 rings (SSSR count). The van der Waals surface area contributed by atoms with Crippen molar-refractivity contribution in [3.63, 3.8) is 0 Å². The molecule has 1 aromatic heterocycles. The van der Waals surface area contributed by atoms with Gasteiger partial charge in [0.05, 0.1) is 30.2 Å². The molecule has 2 N–H and O–H groups in total. The van der Waals surface area contributed by atoms with Crippen LogP contribution in [0.4, 0.5) is 14.0 Å². The van der Waals surface area contributed by atoms with Gasteiger partial charge in [0.25, 0.3) is 0 Å². The Bertz CT molecular complexity index is 221. The molecule has 0 bridgehead atoms. The summed E-state index contributed by atoms with van der Waals surface area (Å²) in [5, 5.41) is 0. The van der Waals surface area contributed by atoms with E-state index in [0.29, 0.717) is 0 Å². The lowest BCUT2D eigenvalue weighted by molar-refractivity contribution is 0.595. The molecule has 5 heteroatoms. The van der Waals surface area contributed by atoms with Gasteiger partial charge in [0.2, 0.25) is 0 Å². The lowest BCUT2D eigenvalue weighted by Crippen LogP contribution is -1.91. The first-order chi connectivity index (χ1) is 4.75. The average molecular weight is 162 g/mol. The second kappa shape index (κ2) is 2.83. The van der Waals surface area contributed by atoms with E-state index < -0.39 is 5.82 Å². The summed E-state index contributed by atoms with van der Waals surface area (Å²) >= 11 is -0.218. The molecular formula is C5H4F2N2S. The molecule has 1 heterocycles. The van der Waals surface area contributed by atoms with Crippen molar-refractivity contribution >= 4 is 17.8 Å². The van der Waals surface area contributed by atoms with Crippen molar-refractivity contribution in [3.05, 3.63) is 18.2 Å². The second-order valence-electron chi connectivity index (χ2n) is 1.62. The second-order valence-corrected chi connectivity index (χ2v) is 2.18. The van der Waals surface area contributed by atoms with E-state index in [0.717, 1.165) is 6.20 Å². The highest BCUT2D eigenvalue weighted by atomic mass is 32.2. The first-order valence-corrected chi connectivity index (χ1v) is 3.15. The van der Waals surface area contributed by atoms with Gasteiger partial charge in [-0.05, 0) is 0 Å². The summed E-state index contributed by atoms with van der Waals surface area (Å²) in [6.07, 6.45) is 2.11. The summed E-state index contributed by atoms with van der Waals surface area (Å²) in [6.45, 7) is 0. The van der Waals surface area contributed by atoms with Crippen molar-refractivity contribution in [3.8, 4) is 0 Å². The van der Waals surface area contributed by atoms with Crippen molar-refractivity contribution in [1.29, 1.82) is 0 Å². The number of hydrogen-bond donors (Lipinski definition) is 1. The molecule has 0 saturated carbocycles. The van der Waals surface area contributed by atoms with E-state index in [9.17, 15) is 8.28 Å². The summed E-state index contributed by atoms with van der Waals surface area (Å²) in [7, 11) is 0. The van der Waals surface area contributed by atoms with Gasteiger partial charge in [-0.2, -0.15) is 3.89 Å². The molecule has 10 heavy (non-hydrogen) atoms. The number of aromatic nitrogens is 1. The van der Waals surface area contributed by atoms with E-state index >= 15 is 0 Å². The van der Waals surface area contributed by atoms with Gasteiger partial charge in [0.1, 0.15) is 4.90 Å². The quantitative estimate of drug-likeness (QED) is 0.684. The molecule has 0 aliphatic rings. The van der Waals surface area contributed by atoms with E-state index in [1.165, 1.54) is 6.20 Å². The number of rotatable bonds is 1. The van der Waals surface area contributed by atoms with E-state index in [-0.39, 0.29) is 22.7 Å². The van der Waals surface area contributed by atoms with Crippen LogP contribution in [0.3, 0.4) is 0 Å². The van der Waals surface area contributed by atoms with Crippen molar-refractivity contribution in [1.82, 2.24) is 4.98 Å². The first kappa shape index (κ1) is 7.27. The van der Waals surface area contributed by atoms with Crippen molar-refractivity contribution in [2.45, 2.75) is 4.90 Å². The van der Waals surface area contributed by atoms with Crippen molar-refractivity contribution in [2.75, 3.05) is 5.73 Å². The van der Waals surface area contributed by atoms with Crippen molar-refractivity contribution < 1.29 is 8.28 Å². The summed E-state index contributed by atoms with van der Waals surface area (Å²) in [5.41, 5.74) is 5.19. The van der Waals surface area contributed by atoms with Crippen LogP contribution in [-0.2, 0) is 0 Å². The Morgan fingerprint density at radius 2 is 2.20 bits per heavy atom. The third kappa shape index (κ3) is 1.18. The monoisotopic (exact) mass is 162 g/mol. The lowest BCUT2D eigenvalue weighted by atomic mass is 10.4. The third-order valence-electron chi connectivity index (χ3n) is 0.958. The van der Waals surface area contributed by atoms with Crippen molar-refractivity contribution in [2.24, 2.45) is 0 Å². The summed E-state index contributed by atoms with van der Waals surface area (Å²) in [6, 6.07) is 0. The van der Waals surface area contributed by atoms with Crippen LogP contribution in [0.15, 0.2) is 17.3 Å². The minimum absolute atomic E-state index is 0.0208. The summed E-state index contributed by atoms with van der Waals surface area (Å²) < 4.78 is 24.3. The molecule has 0 amide bonds. The first-order valence-electron chi connectivity index (χ1n) is 2.43. The summed E-state index contributed by atoms with van der Waals surface area (Å²) in [5.74, 6) is -0.729. The van der Waals surface area contributed by atoms with E-state index in [2.05, 4.69) is 4.98 Å². The van der Waals surface area contributed by atoms with Crippen LogP contribution < -0.4 is 5.73 Å². The molecule has 0 unspecified atom stereocenters. The van der Waals surface area contributed by atoms with Crippen LogP contribution in [0.1, 0.15) is 0 Å². The zero-order valence-electron chi connectivity index (χ0n) is 4.84. The number of nitrogen functional groups attached to an aromatic ring is 1. The minimum Gasteiger partial charge on any atom is -0.396 e. The van der Waals surface area contributed by atoms with Gasteiger partial charge in [-0.3, -0.25) is 4.98 Å². The SMILES string of the molecule is Nc1cncc(F)c1SF. The molecule has 0 spiro atoms. The molecule has 0 aliphatic carbocycles. The zero-order valence-corrected chi connectivity index (χ0v) is 5.66. The maximum absolute atomic E-state index is 12.4. The van der Waals surface area contributed by atoms with E-state index in [1.54, 1.807) is 0 Å². The highest BCUT2D eigenvalue weighted by Gasteiger charge is 2.06. The number of hydrogen-bond acceptors (Lipinski definition) is 3. The van der Waals surface area contributed by atoms with E-state index in [1.807, 2.05) is 0 Å². The highest BCUT2D eigenvalue weighted by molar-refractivity contribution is 7.94. The fraction of sp³-hybridized carbons (Fsp3) is 0. The van der Waals surface area contributed by atoms with Gasteiger partial charge in [-0.15, -0.1) is 0 Å². The lowest BCUT2D eigenvalue weighted by Gasteiger charge is -1.97. The smallest absolute Gasteiger partial charge is 0.159 e. The van der Waals surface area contributed by atoms with Gasteiger partial charge < -0.3 is 5.73 Å². The van der Waals surface area contributed by atoms with Crippen LogP contribution in [0.2, 0.25) is 0 Å². The number of pyridine rings is 1. The average Bonchev–Trinajstić information content (AvgIpc) is 1.88. The Balaban J connectivity index is 3.17. The zero-order chi connectivity index (χ0) is 7.56. The Morgan fingerprint density at radius 1 is 1.50 bits per heavy atom. The Labute approximate surface area is 60.7 Å². The molecule has 2 nitrogen and oxygen atoms in total. The molecule has 0 atom stereocenters. The Kier molecular flexibility index (Phi) is 2.06. The fourth-order valence-electron chi connectivity index (χ4n) is 0.520. The van der Waals surface area contributed by atoms with Crippen LogP contribution in [-0.4, -0.2) is 4.98 Å². The summed E-state index contributed by atoms with van der Waals surface area (Å²) in [4.78, 5) is 3.21. The molecule has 1 aromatic rings. The predicted molar refractivity (Wildman–Crippen MR) is 35.6 cm³/mol. The molecule has 0 aliphatic heterocycles. The number of nitrogens with zero attached hydrogens (tertiary/aromatic N) is 1. The Morgan fingerprint density at radius 3 is 2.60 bits per heavy atom. The standard InChI is InChI=1S/C5H4F2N2S/c6-3-1-9-2-4(8)5(3)10-7/h1-2H,8H2. The van der Waals surface area contributed by atoms with Gasteiger partial charge in [0.15, 0.2) is 5.82 Å². The van der Waals surface area contributed by atoms with Crippen LogP contribution >= 0.6 is 12.1 Å². The number of nitrogens with two attached hydrogens (primary N) is 1. The number of halogens is 2. The third-order valence-corrected chi connectivity index (χ3v) is 1.54. The topological polar surface area (TPSA) is 38.9 Å². The molecule has 0 aromatic carbocycles. The molecule has 54 valence electrons. The maximum Gasteiger partial charge on any atom is 0.159 e. The minimum atomic E-state index is -0.729. The van der Waals surface area contributed by atoms with E-state index in [4.69, 9.17) is 5.73 Å². The Hall–Kier alpha value is -0.840. The molecular weight excluding hydrogens is 158 g/mol. The molecule has 0 radical (unpaired) electrons. The normalized spacial score (nSPS) is 9.80. The predicted octanol–water partition coefficient (Wildman–Crippen LogP) is 1.78. The van der Waals surface area contributed by atoms with Crippen LogP contribution in [0, 0.1) is 5.82 Å². The van der Waals surface area contributed by atoms with Gasteiger partial charge in [-0.1, -0.05) is 0 Å². The maximum atomic E-state index is 12.4. The van der Waals surface area contributed by atoms with Crippen LogP contribution in [0.25, 0.3) is 0 Å². The highest BCUT2D eigenvalue weighted by Crippen LogP contribution is 2.26. The molecule has 0 fully saturated rings. The van der Waals surface area contributed by atoms with Gasteiger partial charge in [-0.25, -0.2) is 4.39 Å². The van der Waals surface area contributed by atoms with Gasteiger partial charge in [0, 0.05) is 0 Å². The number of anilines is 1. The molecule has 0 saturated heterocycles. The largest absolute Gasteiger partial charge is 0.396 e. The van der Waals surface area contributed by atoms with Crippen LogP contribution in [0.5, 0.6) is 0 Å². The fourth-order valence-corrected chi connectivity index (χ4v) is 0.788.